The van der Waals surface area contributed by atoms with Gasteiger partial charge in [0.15, 0.2) is 6.10 Å². The molecule has 0 saturated heterocycles. The van der Waals surface area contributed by atoms with Crippen LogP contribution in [0.5, 0.6) is 5.75 Å². The monoisotopic (exact) mass is 371 g/mol. The number of carbonyl (C=O) groups is 1. The van der Waals surface area contributed by atoms with E-state index in [4.69, 9.17) is 20.9 Å². The van der Waals surface area contributed by atoms with Crippen molar-refractivity contribution in [2.75, 3.05) is 0 Å². The minimum absolute atomic E-state index is 0.126. The number of rotatable bonds is 6. The fraction of sp³-hybridized carbons (Fsp3) is 0.211. The van der Waals surface area contributed by atoms with Crippen LogP contribution in [-0.4, -0.2) is 22.2 Å². The van der Waals surface area contributed by atoms with Gasteiger partial charge in [0.1, 0.15) is 5.75 Å². The molecular weight excluding hydrogens is 354 g/mol. The van der Waals surface area contributed by atoms with Gasteiger partial charge in [-0.25, -0.2) is 0 Å². The highest BCUT2D eigenvalue weighted by atomic mass is 35.5. The molecule has 3 aromatic rings. The number of amides is 1. The highest BCUT2D eigenvalue weighted by molar-refractivity contribution is 6.30. The first-order valence-electron chi connectivity index (χ1n) is 8.11. The van der Waals surface area contributed by atoms with Gasteiger partial charge in [-0.05, 0) is 50.2 Å². The minimum Gasteiger partial charge on any atom is -0.481 e. The summed E-state index contributed by atoms with van der Waals surface area (Å²) < 4.78 is 10.8. The van der Waals surface area contributed by atoms with E-state index in [1.165, 1.54) is 0 Å². The Morgan fingerprint density at radius 2 is 1.88 bits per heavy atom. The predicted molar refractivity (Wildman–Crippen MR) is 97.9 cm³/mol. The Kier molecular flexibility index (Phi) is 5.53. The molecule has 0 fully saturated rings. The average Bonchev–Trinajstić information content (AvgIpc) is 3.11. The zero-order chi connectivity index (χ0) is 18.5. The molecule has 7 heteroatoms. The maximum atomic E-state index is 12.2. The molecular formula is C19H18ClN3O3. The molecule has 1 heterocycles. The number of carbonyl (C=O) groups excluding carboxylic acids is 1. The molecule has 0 aliphatic carbocycles. The number of ether oxygens (including phenoxy) is 1. The number of nitrogens with zero attached hydrogens (tertiary/aromatic N) is 2. The average molecular weight is 372 g/mol. The summed E-state index contributed by atoms with van der Waals surface area (Å²) in [4.78, 5) is 16.4. The van der Waals surface area contributed by atoms with E-state index in [9.17, 15) is 4.79 Å². The van der Waals surface area contributed by atoms with E-state index in [1.54, 1.807) is 31.2 Å². The molecule has 134 valence electrons. The van der Waals surface area contributed by atoms with Crippen molar-refractivity contribution in [1.82, 2.24) is 15.5 Å². The quantitative estimate of drug-likeness (QED) is 0.713. The molecule has 1 amide bonds. The molecule has 0 bridgehead atoms. The Balaban J connectivity index is 1.54. The lowest BCUT2D eigenvalue weighted by molar-refractivity contribution is -0.127. The fourth-order valence-corrected chi connectivity index (χ4v) is 2.35. The number of aryl methyl sites for hydroxylation is 1. The van der Waals surface area contributed by atoms with Gasteiger partial charge in [0, 0.05) is 10.6 Å². The van der Waals surface area contributed by atoms with E-state index in [0.717, 1.165) is 11.1 Å². The number of hydrogen-bond acceptors (Lipinski definition) is 5. The molecule has 6 nitrogen and oxygen atoms in total. The lowest BCUT2D eigenvalue weighted by Gasteiger charge is -2.14. The second-order valence-corrected chi connectivity index (χ2v) is 6.25. The van der Waals surface area contributed by atoms with Crippen molar-refractivity contribution in [2.45, 2.75) is 26.5 Å². The first kappa shape index (κ1) is 17.9. The summed E-state index contributed by atoms with van der Waals surface area (Å²) in [5.41, 5.74) is 1.91. The van der Waals surface area contributed by atoms with E-state index >= 15 is 0 Å². The minimum atomic E-state index is -0.642. The van der Waals surface area contributed by atoms with Crippen LogP contribution >= 0.6 is 11.6 Å². The summed E-state index contributed by atoms with van der Waals surface area (Å²) in [5.74, 6) is 1.12. The van der Waals surface area contributed by atoms with Gasteiger partial charge >= 0.3 is 0 Å². The number of benzene rings is 2. The molecule has 0 aliphatic rings. The predicted octanol–water partition coefficient (Wildman–Crippen LogP) is 3.78. The number of hydrogen-bond donors (Lipinski definition) is 1. The van der Waals surface area contributed by atoms with Crippen LogP contribution in [-0.2, 0) is 11.3 Å². The van der Waals surface area contributed by atoms with Gasteiger partial charge in [0.05, 0.1) is 6.54 Å². The van der Waals surface area contributed by atoms with Crippen LogP contribution in [0.1, 0.15) is 18.4 Å². The first-order chi connectivity index (χ1) is 12.5. The zero-order valence-electron chi connectivity index (χ0n) is 14.4. The molecule has 2 aromatic carbocycles. The van der Waals surface area contributed by atoms with Gasteiger partial charge in [0.2, 0.25) is 11.7 Å². The maximum absolute atomic E-state index is 12.2. The topological polar surface area (TPSA) is 77.2 Å². The van der Waals surface area contributed by atoms with Crippen molar-refractivity contribution in [3.8, 4) is 17.1 Å². The van der Waals surface area contributed by atoms with Crippen LogP contribution in [0.15, 0.2) is 53.1 Å². The van der Waals surface area contributed by atoms with E-state index in [1.807, 2.05) is 31.2 Å². The van der Waals surface area contributed by atoms with Crippen LogP contribution in [0, 0.1) is 6.92 Å². The third kappa shape index (κ3) is 4.61. The third-order valence-electron chi connectivity index (χ3n) is 3.69. The Labute approximate surface area is 156 Å². The summed E-state index contributed by atoms with van der Waals surface area (Å²) in [5, 5.41) is 7.26. The Hall–Kier alpha value is -2.86. The van der Waals surface area contributed by atoms with Gasteiger partial charge in [-0.3, -0.25) is 4.79 Å². The molecule has 0 saturated carbocycles. The van der Waals surface area contributed by atoms with Crippen molar-refractivity contribution >= 4 is 17.5 Å². The molecule has 0 spiro atoms. The summed E-state index contributed by atoms with van der Waals surface area (Å²) in [6.45, 7) is 3.80. The van der Waals surface area contributed by atoms with Crippen LogP contribution in [0.2, 0.25) is 5.02 Å². The van der Waals surface area contributed by atoms with E-state index in [-0.39, 0.29) is 12.5 Å². The van der Waals surface area contributed by atoms with Crippen LogP contribution in [0.3, 0.4) is 0 Å². The van der Waals surface area contributed by atoms with Gasteiger partial charge in [-0.2, -0.15) is 4.98 Å². The summed E-state index contributed by atoms with van der Waals surface area (Å²) in [7, 11) is 0. The standard InChI is InChI=1S/C19H18ClN3O3/c1-12-3-9-16(10-4-12)25-13(2)19(24)21-11-17-22-18(23-26-17)14-5-7-15(20)8-6-14/h3-10,13H,11H2,1-2H3,(H,21,24)/t13-/m0/s1. The largest absolute Gasteiger partial charge is 0.481 e. The SMILES string of the molecule is Cc1ccc(O[C@@H](C)C(=O)NCc2nc(-c3ccc(Cl)cc3)no2)cc1. The molecule has 0 radical (unpaired) electrons. The second kappa shape index (κ2) is 8.01. The van der Waals surface area contributed by atoms with Crippen LogP contribution in [0.4, 0.5) is 0 Å². The van der Waals surface area contributed by atoms with Crippen molar-refractivity contribution in [1.29, 1.82) is 0 Å². The highest BCUT2D eigenvalue weighted by Gasteiger charge is 2.16. The molecule has 26 heavy (non-hydrogen) atoms. The Bertz CT molecular complexity index is 876. The summed E-state index contributed by atoms with van der Waals surface area (Å²) >= 11 is 5.86. The molecule has 3 rings (SSSR count). The first-order valence-corrected chi connectivity index (χ1v) is 8.48. The summed E-state index contributed by atoms with van der Waals surface area (Å²) in [6, 6.07) is 14.6. The fourth-order valence-electron chi connectivity index (χ4n) is 2.22. The number of nitrogens with one attached hydrogen (secondary N) is 1. The smallest absolute Gasteiger partial charge is 0.261 e. The lowest BCUT2D eigenvalue weighted by atomic mass is 10.2. The Morgan fingerprint density at radius 1 is 1.19 bits per heavy atom. The number of halogens is 1. The van der Waals surface area contributed by atoms with Gasteiger partial charge < -0.3 is 14.6 Å². The molecule has 0 unspecified atom stereocenters. The van der Waals surface area contributed by atoms with Crippen molar-refractivity contribution < 1.29 is 14.1 Å². The summed E-state index contributed by atoms with van der Waals surface area (Å²) in [6.07, 6.45) is -0.642. The van der Waals surface area contributed by atoms with Crippen LogP contribution < -0.4 is 10.1 Å². The highest BCUT2D eigenvalue weighted by Crippen LogP contribution is 2.18. The van der Waals surface area contributed by atoms with Crippen molar-refractivity contribution in [2.24, 2.45) is 0 Å². The molecule has 1 N–H and O–H groups in total. The maximum Gasteiger partial charge on any atom is 0.261 e. The van der Waals surface area contributed by atoms with E-state index in [0.29, 0.717) is 22.5 Å². The normalized spacial score (nSPS) is 11.8. The van der Waals surface area contributed by atoms with Crippen LogP contribution in [0.25, 0.3) is 11.4 Å². The Morgan fingerprint density at radius 3 is 2.58 bits per heavy atom. The van der Waals surface area contributed by atoms with Crippen molar-refractivity contribution in [3.63, 3.8) is 0 Å². The number of aromatic nitrogens is 2. The van der Waals surface area contributed by atoms with Gasteiger partial charge in [-0.1, -0.05) is 34.5 Å². The lowest BCUT2D eigenvalue weighted by Crippen LogP contribution is -2.35. The van der Waals surface area contributed by atoms with E-state index in [2.05, 4.69) is 15.5 Å². The molecule has 1 aromatic heterocycles. The van der Waals surface area contributed by atoms with Crippen molar-refractivity contribution in [3.05, 3.63) is 65.0 Å². The zero-order valence-corrected chi connectivity index (χ0v) is 15.2. The second-order valence-electron chi connectivity index (χ2n) is 5.81. The molecule has 0 aliphatic heterocycles. The van der Waals surface area contributed by atoms with Gasteiger partial charge in [0.25, 0.3) is 5.91 Å². The van der Waals surface area contributed by atoms with Gasteiger partial charge in [-0.15, -0.1) is 0 Å². The third-order valence-corrected chi connectivity index (χ3v) is 3.94. The van der Waals surface area contributed by atoms with E-state index < -0.39 is 6.10 Å². The molecule has 1 atom stereocenters.